The molecule has 1 atom stereocenters. The third kappa shape index (κ3) is 3.17. The van der Waals surface area contributed by atoms with Crippen molar-refractivity contribution in [1.29, 1.82) is 0 Å². The summed E-state index contributed by atoms with van der Waals surface area (Å²) < 4.78 is 15.9. The summed E-state index contributed by atoms with van der Waals surface area (Å²) in [5, 5.41) is 4.53. The summed E-state index contributed by atoms with van der Waals surface area (Å²) in [5.41, 5.74) is 3.92. The van der Waals surface area contributed by atoms with Crippen molar-refractivity contribution in [2.75, 3.05) is 0 Å². The van der Waals surface area contributed by atoms with Gasteiger partial charge >= 0.3 is 0 Å². The average molecular weight is 297 g/mol. The van der Waals surface area contributed by atoms with E-state index in [4.69, 9.17) is 17.4 Å². The molecule has 0 saturated carbocycles. The molecule has 1 heterocycles. The SMILES string of the molecule is CC(C)n1ccc(CC(NN)c2cccc(Cl)c2F)n1. The van der Waals surface area contributed by atoms with E-state index in [1.54, 1.807) is 12.1 Å². The van der Waals surface area contributed by atoms with Crippen molar-refractivity contribution in [3.05, 3.63) is 52.6 Å². The molecule has 0 aliphatic heterocycles. The first-order valence-electron chi connectivity index (χ1n) is 6.47. The monoisotopic (exact) mass is 296 g/mol. The molecule has 0 aliphatic rings. The summed E-state index contributed by atoms with van der Waals surface area (Å²) in [7, 11) is 0. The lowest BCUT2D eigenvalue weighted by molar-refractivity contribution is 0.491. The van der Waals surface area contributed by atoms with Crippen LogP contribution in [0.1, 0.15) is 37.2 Å². The molecule has 20 heavy (non-hydrogen) atoms. The topological polar surface area (TPSA) is 55.9 Å². The zero-order chi connectivity index (χ0) is 14.7. The van der Waals surface area contributed by atoms with Gasteiger partial charge in [0.1, 0.15) is 5.82 Å². The molecule has 1 unspecified atom stereocenters. The Labute approximate surface area is 122 Å². The van der Waals surface area contributed by atoms with Gasteiger partial charge in [-0.3, -0.25) is 16.0 Å². The van der Waals surface area contributed by atoms with Crippen molar-refractivity contribution in [3.63, 3.8) is 0 Å². The van der Waals surface area contributed by atoms with Gasteiger partial charge in [-0.05, 0) is 26.0 Å². The van der Waals surface area contributed by atoms with Crippen LogP contribution in [-0.4, -0.2) is 9.78 Å². The molecule has 1 aromatic heterocycles. The quantitative estimate of drug-likeness (QED) is 0.659. The van der Waals surface area contributed by atoms with Crippen molar-refractivity contribution in [3.8, 4) is 0 Å². The Morgan fingerprint density at radius 1 is 1.40 bits per heavy atom. The zero-order valence-corrected chi connectivity index (χ0v) is 12.2. The Hall–Kier alpha value is -1.43. The molecule has 0 aliphatic carbocycles. The third-order valence-electron chi connectivity index (χ3n) is 3.16. The fourth-order valence-electron chi connectivity index (χ4n) is 2.03. The number of hydrogen-bond acceptors (Lipinski definition) is 3. The number of hydrogen-bond donors (Lipinski definition) is 2. The summed E-state index contributed by atoms with van der Waals surface area (Å²) in [4.78, 5) is 0. The molecule has 0 radical (unpaired) electrons. The fourth-order valence-corrected chi connectivity index (χ4v) is 2.21. The van der Waals surface area contributed by atoms with Crippen LogP contribution in [0.15, 0.2) is 30.5 Å². The van der Waals surface area contributed by atoms with Gasteiger partial charge in [-0.2, -0.15) is 5.10 Å². The molecule has 0 saturated heterocycles. The maximum Gasteiger partial charge on any atom is 0.146 e. The number of rotatable bonds is 5. The van der Waals surface area contributed by atoms with Crippen LogP contribution in [0.4, 0.5) is 4.39 Å². The number of hydrazine groups is 1. The van der Waals surface area contributed by atoms with E-state index in [0.29, 0.717) is 12.0 Å². The minimum absolute atomic E-state index is 0.0930. The molecule has 0 amide bonds. The van der Waals surface area contributed by atoms with Crippen LogP contribution in [-0.2, 0) is 6.42 Å². The van der Waals surface area contributed by atoms with E-state index in [9.17, 15) is 4.39 Å². The molecule has 4 nitrogen and oxygen atoms in total. The molecule has 0 bridgehead atoms. The van der Waals surface area contributed by atoms with E-state index in [2.05, 4.69) is 10.5 Å². The van der Waals surface area contributed by atoms with E-state index in [-0.39, 0.29) is 17.1 Å². The molecule has 0 fully saturated rings. The molecule has 0 spiro atoms. The molecule has 2 rings (SSSR count). The summed E-state index contributed by atoms with van der Waals surface area (Å²) in [5.74, 6) is 5.10. The number of nitrogens with one attached hydrogen (secondary N) is 1. The van der Waals surface area contributed by atoms with Crippen molar-refractivity contribution >= 4 is 11.6 Å². The summed E-state index contributed by atoms with van der Waals surface area (Å²) >= 11 is 5.80. The number of nitrogens with zero attached hydrogens (tertiary/aromatic N) is 2. The van der Waals surface area contributed by atoms with Crippen LogP contribution in [0.3, 0.4) is 0 Å². The first-order valence-corrected chi connectivity index (χ1v) is 6.84. The minimum atomic E-state index is -0.444. The Bertz CT molecular complexity index is 582. The lowest BCUT2D eigenvalue weighted by Crippen LogP contribution is -2.30. The van der Waals surface area contributed by atoms with E-state index < -0.39 is 5.82 Å². The highest BCUT2D eigenvalue weighted by Crippen LogP contribution is 2.25. The lowest BCUT2D eigenvalue weighted by atomic mass is 10.0. The van der Waals surface area contributed by atoms with Gasteiger partial charge in [0.05, 0.1) is 16.8 Å². The van der Waals surface area contributed by atoms with Crippen LogP contribution in [0.25, 0.3) is 0 Å². The highest BCUT2D eigenvalue weighted by molar-refractivity contribution is 6.30. The van der Waals surface area contributed by atoms with E-state index in [1.807, 2.05) is 30.8 Å². The second-order valence-electron chi connectivity index (χ2n) is 4.95. The van der Waals surface area contributed by atoms with Gasteiger partial charge in [-0.1, -0.05) is 23.7 Å². The summed E-state index contributed by atoms with van der Waals surface area (Å²) in [6.45, 7) is 4.10. The van der Waals surface area contributed by atoms with E-state index in [0.717, 1.165) is 5.69 Å². The molecule has 1 aromatic carbocycles. The molecule has 108 valence electrons. The zero-order valence-electron chi connectivity index (χ0n) is 11.5. The summed E-state index contributed by atoms with van der Waals surface area (Å²) in [6.07, 6.45) is 2.40. The fraction of sp³-hybridized carbons (Fsp3) is 0.357. The Morgan fingerprint density at radius 3 is 2.75 bits per heavy atom. The second-order valence-corrected chi connectivity index (χ2v) is 5.35. The van der Waals surface area contributed by atoms with Gasteiger partial charge < -0.3 is 0 Å². The molecular formula is C14H18ClFN4. The van der Waals surface area contributed by atoms with Crippen molar-refractivity contribution in [2.24, 2.45) is 5.84 Å². The standard InChI is InChI=1S/C14H18ClFN4/c1-9(2)20-7-6-10(19-20)8-13(18-17)11-4-3-5-12(15)14(11)16/h3-7,9,13,18H,8,17H2,1-2H3. The van der Waals surface area contributed by atoms with Crippen molar-refractivity contribution in [1.82, 2.24) is 15.2 Å². The Kier molecular flexibility index (Phi) is 4.75. The predicted octanol–water partition coefficient (Wildman–Crippen LogP) is 3.00. The number of benzene rings is 1. The Balaban J connectivity index is 2.22. The largest absolute Gasteiger partial charge is 0.271 e. The van der Waals surface area contributed by atoms with Crippen LogP contribution in [0.2, 0.25) is 5.02 Å². The number of nitrogens with two attached hydrogens (primary N) is 1. The van der Waals surface area contributed by atoms with E-state index >= 15 is 0 Å². The Morgan fingerprint density at radius 2 is 2.15 bits per heavy atom. The van der Waals surface area contributed by atoms with Crippen LogP contribution in [0, 0.1) is 5.82 Å². The highest BCUT2D eigenvalue weighted by atomic mass is 35.5. The third-order valence-corrected chi connectivity index (χ3v) is 3.46. The molecule has 3 N–H and O–H groups in total. The first kappa shape index (κ1) is 15.0. The maximum absolute atomic E-state index is 14.0. The predicted molar refractivity (Wildman–Crippen MR) is 77.8 cm³/mol. The van der Waals surface area contributed by atoms with Crippen LogP contribution in [0.5, 0.6) is 0 Å². The summed E-state index contributed by atoms with van der Waals surface area (Å²) in [6, 6.07) is 6.72. The van der Waals surface area contributed by atoms with Gasteiger partial charge in [0.2, 0.25) is 0 Å². The van der Waals surface area contributed by atoms with Crippen LogP contribution < -0.4 is 11.3 Å². The highest BCUT2D eigenvalue weighted by Gasteiger charge is 2.18. The van der Waals surface area contributed by atoms with E-state index in [1.165, 1.54) is 6.07 Å². The van der Waals surface area contributed by atoms with Gasteiger partial charge in [-0.25, -0.2) is 4.39 Å². The first-order chi connectivity index (χ1) is 9.52. The average Bonchev–Trinajstić information content (AvgIpc) is 2.88. The maximum atomic E-state index is 14.0. The smallest absolute Gasteiger partial charge is 0.146 e. The number of halogens is 2. The second kappa shape index (κ2) is 6.35. The number of aromatic nitrogens is 2. The van der Waals surface area contributed by atoms with Crippen molar-refractivity contribution < 1.29 is 4.39 Å². The minimum Gasteiger partial charge on any atom is -0.271 e. The lowest BCUT2D eigenvalue weighted by Gasteiger charge is -2.16. The van der Waals surface area contributed by atoms with Gasteiger partial charge in [-0.15, -0.1) is 0 Å². The van der Waals surface area contributed by atoms with Gasteiger partial charge in [0, 0.05) is 24.2 Å². The molecular weight excluding hydrogens is 279 g/mol. The van der Waals surface area contributed by atoms with Gasteiger partial charge in [0.25, 0.3) is 0 Å². The van der Waals surface area contributed by atoms with Crippen molar-refractivity contribution in [2.45, 2.75) is 32.4 Å². The normalized spacial score (nSPS) is 12.9. The van der Waals surface area contributed by atoms with Crippen LogP contribution >= 0.6 is 11.6 Å². The molecule has 2 aromatic rings. The molecule has 6 heteroatoms. The van der Waals surface area contributed by atoms with Gasteiger partial charge in [0.15, 0.2) is 0 Å².